The van der Waals surface area contributed by atoms with Gasteiger partial charge in [-0.2, -0.15) is 0 Å². The van der Waals surface area contributed by atoms with Crippen molar-refractivity contribution in [1.82, 2.24) is 0 Å². The summed E-state index contributed by atoms with van der Waals surface area (Å²) in [6.45, 7) is 15.6. The van der Waals surface area contributed by atoms with E-state index in [1.54, 1.807) is 37.0 Å². The Morgan fingerprint density at radius 2 is 0.811 bits per heavy atom. The highest BCUT2D eigenvalue weighted by atomic mass is 79.9. The smallest absolute Gasteiger partial charge is 0.0606 e. The van der Waals surface area contributed by atoms with E-state index >= 15 is 0 Å². The zero-order valence-corrected chi connectivity index (χ0v) is 32.9. The number of hydrogen-bond donors (Lipinski definition) is 2. The molecule has 232 valence electrons. The summed E-state index contributed by atoms with van der Waals surface area (Å²) >= 11 is 3.23. The second-order valence-corrected chi connectivity index (χ2v) is 18.1. The van der Waals surface area contributed by atoms with Gasteiger partial charge in [-0.3, -0.25) is 0 Å². The third kappa shape index (κ3) is 38.2. The lowest BCUT2D eigenvalue weighted by Gasteiger charge is -2.28. The summed E-state index contributed by atoms with van der Waals surface area (Å²) in [5.74, 6) is 0. The van der Waals surface area contributed by atoms with Gasteiger partial charge in [-0.05, 0) is 82.9 Å². The molecule has 0 aliphatic carbocycles. The Labute approximate surface area is 267 Å². The minimum atomic E-state index is -0.642. The second kappa shape index (κ2) is 42.7. The molecule has 0 saturated heterocycles. The van der Waals surface area contributed by atoms with Crippen molar-refractivity contribution in [2.24, 2.45) is 11.5 Å². The van der Waals surface area contributed by atoms with Crippen LogP contribution in [0.15, 0.2) is 0 Å². The molecule has 0 unspecified atom stereocenters. The average Bonchev–Trinajstić information content (AvgIpc) is 2.88. The van der Waals surface area contributed by atoms with Crippen molar-refractivity contribution in [2.75, 3.05) is 61.6 Å². The van der Waals surface area contributed by atoms with Gasteiger partial charge < -0.3 is 28.4 Å². The van der Waals surface area contributed by atoms with Gasteiger partial charge in [-0.1, -0.05) is 96.0 Å². The molecule has 0 aromatic heterocycles. The Bertz CT molecular complexity index is 309. The van der Waals surface area contributed by atoms with Crippen LogP contribution in [-0.2, 0) is 0 Å². The van der Waals surface area contributed by atoms with E-state index in [0.717, 1.165) is 24.8 Å². The van der Waals surface area contributed by atoms with Gasteiger partial charge in [0.05, 0.1) is 24.6 Å². The van der Waals surface area contributed by atoms with Gasteiger partial charge in [0.25, 0.3) is 0 Å². The van der Waals surface area contributed by atoms with Crippen LogP contribution in [0.3, 0.4) is 0 Å². The first-order valence-electron chi connectivity index (χ1n) is 15.5. The number of hydrogen-bond acceptors (Lipinski definition) is 2. The second-order valence-electron chi connectivity index (χ2n) is 10.2. The number of unbranched alkanes of at least 4 members (excludes halogenated alkanes) is 6. The Morgan fingerprint density at radius 1 is 0.514 bits per heavy atom. The third-order valence-electron chi connectivity index (χ3n) is 6.62. The van der Waals surface area contributed by atoms with Gasteiger partial charge in [0.2, 0.25) is 0 Å². The molecule has 0 atom stereocenters. The minimum absolute atomic E-state index is 0. The van der Waals surface area contributed by atoms with Crippen LogP contribution in [0.2, 0.25) is 0 Å². The Morgan fingerprint density at radius 3 is 1.03 bits per heavy atom. The van der Waals surface area contributed by atoms with Crippen molar-refractivity contribution in [3.63, 3.8) is 0 Å². The highest BCUT2D eigenvalue weighted by Crippen LogP contribution is 2.61. The fraction of sp³-hybridized carbons (Fsp3) is 1.00. The van der Waals surface area contributed by atoms with Crippen molar-refractivity contribution in [2.45, 2.75) is 131 Å². The minimum Gasteiger partial charge on any atom is -1.00 e. The molecule has 0 bridgehead atoms. The van der Waals surface area contributed by atoms with Crippen LogP contribution in [0.25, 0.3) is 0 Å². The maximum Gasteiger partial charge on any atom is 0.0606 e. The zero-order chi connectivity index (χ0) is 27.0. The Kier molecular flexibility index (Phi) is 56.4. The molecule has 0 fully saturated rings. The molecule has 0 aliphatic rings. The molecule has 0 amide bonds. The van der Waals surface area contributed by atoms with Gasteiger partial charge in [-0.25, -0.2) is 0 Å². The standard InChI is InChI=1S/C15H35NP.C12H27P.C3H8BrN.2BrH/c1-4-7-12-17(13-8-5-2,14-9-6-3)15-10-11-16;1-4-7-10-13(11-8-5-2)12-9-6-3;4-2-1-3-5;;/h4-16H2,1-3H3;4-12H2,1-3H3;1-3,5H2;2*1H/q+1;;;;/p-1. The summed E-state index contributed by atoms with van der Waals surface area (Å²) in [6.07, 6.45) is 30.1. The summed E-state index contributed by atoms with van der Waals surface area (Å²) in [4.78, 5) is 0. The molecule has 37 heavy (non-hydrogen) atoms. The predicted molar refractivity (Wildman–Crippen MR) is 189 cm³/mol. The molecule has 0 spiro atoms. The average molecular weight is 762 g/mol. The number of alkyl halides is 1. The van der Waals surface area contributed by atoms with E-state index in [1.807, 2.05) is 0 Å². The van der Waals surface area contributed by atoms with Crippen molar-refractivity contribution in [3.05, 3.63) is 0 Å². The lowest BCUT2D eigenvalue weighted by atomic mass is 10.4. The van der Waals surface area contributed by atoms with Gasteiger partial charge in [-0.15, -0.1) is 24.9 Å². The molecule has 0 rings (SSSR count). The Balaban J connectivity index is -0.000000152. The van der Waals surface area contributed by atoms with E-state index in [9.17, 15) is 0 Å². The molecule has 0 aromatic carbocycles. The molecule has 4 N–H and O–H groups in total. The summed E-state index contributed by atoms with van der Waals surface area (Å²) in [5.41, 5.74) is 10.8. The lowest BCUT2D eigenvalue weighted by Crippen LogP contribution is -3.00. The van der Waals surface area contributed by atoms with E-state index in [4.69, 9.17) is 11.5 Å². The molecule has 0 heterocycles. The molecule has 2 nitrogen and oxygen atoms in total. The third-order valence-corrected chi connectivity index (χ3v) is 15.1. The quantitative estimate of drug-likeness (QED) is 0.0822. The van der Waals surface area contributed by atoms with Gasteiger partial charge >= 0.3 is 0 Å². The van der Waals surface area contributed by atoms with Crippen molar-refractivity contribution < 1.29 is 17.0 Å². The van der Waals surface area contributed by atoms with E-state index in [1.165, 1.54) is 89.6 Å². The first-order chi connectivity index (χ1) is 17.0. The zero-order valence-electron chi connectivity index (χ0n) is 26.2. The molecule has 0 saturated carbocycles. The lowest BCUT2D eigenvalue weighted by molar-refractivity contribution is -0.00000823. The van der Waals surface area contributed by atoms with Crippen LogP contribution < -0.4 is 28.4 Å². The van der Waals surface area contributed by atoms with Crippen LogP contribution in [-0.4, -0.2) is 61.6 Å². The summed E-state index contributed by atoms with van der Waals surface area (Å²) < 4.78 is 0. The molecular formula is C30H71Br3N2P2. The van der Waals surface area contributed by atoms with Gasteiger partial charge in [0.15, 0.2) is 0 Å². The van der Waals surface area contributed by atoms with Crippen LogP contribution >= 0.6 is 48.1 Å². The fourth-order valence-corrected chi connectivity index (χ4v) is 12.6. The van der Waals surface area contributed by atoms with E-state index in [2.05, 4.69) is 57.5 Å². The van der Waals surface area contributed by atoms with Crippen LogP contribution in [0, 0.1) is 0 Å². The largest absolute Gasteiger partial charge is 1.00 e. The molecule has 0 aliphatic heterocycles. The first-order valence-corrected chi connectivity index (χ1v) is 21.1. The normalized spacial score (nSPS) is 10.5. The van der Waals surface area contributed by atoms with Gasteiger partial charge in [0, 0.05) is 12.6 Å². The summed E-state index contributed by atoms with van der Waals surface area (Å²) in [6, 6.07) is 0. The molecule has 7 heteroatoms. The van der Waals surface area contributed by atoms with Crippen LogP contribution in [0.5, 0.6) is 0 Å². The maximum atomic E-state index is 5.74. The van der Waals surface area contributed by atoms with E-state index in [-0.39, 0.29) is 34.0 Å². The summed E-state index contributed by atoms with van der Waals surface area (Å²) in [5, 5.41) is 1.03. The number of rotatable bonds is 23. The van der Waals surface area contributed by atoms with E-state index < -0.39 is 7.26 Å². The highest BCUT2D eigenvalue weighted by molar-refractivity contribution is 9.09. The highest BCUT2D eigenvalue weighted by Gasteiger charge is 2.34. The number of nitrogens with two attached hydrogens (primary N) is 2. The number of halogens is 3. The van der Waals surface area contributed by atoms with Crippen molar-refractivity contribution >= 4 is 48.1 Å². The van der Waals surface area contributed by atoms with Gasteiger partial charge in [0.1, 0.15) is 0 Å². The maximum absolute atomic E-state index is 5.74. The molecule has 0 radical (unpaired) electrons. The molecular weight excluding hydrogens is 690 g/mol. The van der Waals surface area contributed by atoms with Crippen molar-refractivity contribution in [1.29, 1.82) is 0 Å². The van der Waals surface area contributed by atoms with E-state index in [0.29, 0.717) is 7.92 Å². The monoisotopic (exact) mass is 758 g/mol. The topological polar surface area (TPSA) is 52.0 Å². The first kappa shape index (κ1) is 48.9. The molecule has 0 aromatic rings. The van der Waals surface area contributed by atoms with Crippen molar-refractivity contribution in [3.8, 4) is 0 Å². The predicted octanol–water partition coefficient (Wildman–Crippen LogP) is 7.93. The van der Waals surface area contributed by atoms with Crippen LogP contribution in [0.4, 0.5) is 0 Å². The SMILES string of the molecule is Br.CCCCP(CCCC)CCCC.CCCC[P+](CCCC)(CCCC)CCCN.NCCCBr.[Br-]. The van der Waals surface area contributed by atoms with Crippen LogP contribution in [0.1, 0.15) is 131 Å². The fourth-order valence-electron chi connectivity index (χ4n) is 4.14. The Hall–Kier alpha value is 2.22. The summed E-state index contributed by atoms with van der Waals surface area (Å²) in [7, 11) is -0.221.